The van der Waals surface area contributed by atoms with E-state index in [0.29, 0.717) is 11.3 Å². The lowest BCUT2D eigenvalue weighted by molar-refractivity contribution is 0.0963. The van der Waals surface area contributed by atoms with E-state index in [0.717, 1.165) is 28.8 Å². The van der Waals surface area contributed by atoms with Crippen LogP contribution in [0.2, 0.25) is 0 Å². The first-order chi connectivity index (χ1) is 15.1. The maximum atomic E-state index is 14.2. The largest absolute Gasteiger partial charge is 0.368 e. The summed E-state index contributed by atoms with van der Waals surface area (Å²) in [7, 11) is 1.43. The third-order valence-electron chi connectivity index (χ3n) is 5.10. The fourth-order valence-electron chi connectivity index (χ4n) is 3.66. The molecule has 7 nitrogen and oxygen atoms in total. The molecule has 4 rings (SSSR count). The van der Waals surface area contributed by atoms with Crippen LogP contribution in [0.1, 0.15) is 31.1 Å². The van der Waals surface area contributed by atoms with Crippen molar-refractivity contribution >= 4 is 22.9 Å². The number of anilines is 1. The van der Waals surface area contributed by atoms with Gasteiger partial charge in [0.05, 0.1) is 16.6 Å². The highest BCUT2D eigenvalue weighted by molar-refractivity contribution is 6.01. The quantitative estimate of drug-likeness (QED) is 0.503. The third-order valence-corrected chi connectivity index (χ3v) is 5.10. The predicted octanol–water partition coefficient (Wildman–Crippen LogP) is 4.14. The van der Waals surface area contributed by atoms with Gasteiger partial charge in [-0.1, -0.05) is 6.07 Å². The molecule has 0 atom stereocenters. The highest BCUT2D eigenvalue weighted by Gasteiger charge is 2.27. The van der Waals surface area contributed by atoms with Crippen molar-refractivity contribution in [3.63, 3.8) is 0 Å². The van der Waals surface area contributed by atoms with Crippen molar-refractivity contribution in [2.24, 2.45) is 0 Å². The van der Waals surface area contributed by atoms with Crippen LogP contribution in [0.4, 0.5) is 14.7 Å². The van der Waals surface area contributed by atoms with Gasteiger partial charge in [-0.2, -0.15) is 0 Å². The Labute approximate surface area is 183 Å². The summed E-state index contributed by atoms with van der Waals surface area (Å²) < 4.78 is 30.1. The second kappa shape index (κ2) is 7.67. The normalized spacial score (nSPS) is 11.7. The van der Waals surface area contributed by atoms with Gasteiger partial charge in [-0.25, -0.2) is 23.7 Å². The van der Waals surface area contributed by atoms with E-state index >= 15 is 0 Å². The van der Waals surface area contributed by atoms with Gasteiger partial charge >= 0.3 is 0 Å². The van der Waals surface area contributed by atoms with E-state index in [9.17, 15) is 13.6 Å². The van der Waals surface area contributed by atoms with Gasteiger partial charge in [0.2, 0.25) is 5.95 Å². The number of rotatable bonds is 3. The molecule has 2 heterocycles. The maximum absolute atomic E-state index is 14.2. The minimum absolute atomic E-state index is 0.000589. The molecule has 0 unspecified atom stereocenters. The molecule has 2 aromatic carbocycles. The summed E-state index contributed by atoms with van der Waals surface area (Å²) in [5.74, 6) is -2.16. The van der Waals surface area contributed by atoms with Crippen LogP contribution in [0.5, 0.6) is 0 Å². The number of carbonyl (C=O) groups is 1. The van der Waals surface area contributed by atoms with E-state index < -0.39 is 23.1 Å². The van der Waals surface area contributed by atoms with Crippen LogP contribution >= 0.6 is 0 Å². The molecule has 0 aliphatic carbocycles. The second-order valence-corrected chi connectivity index (χ2v) is 8.37. The molecule has 1 amide bonds. The lowest BCUT2D eigenvalue weighted by Gasteiger charge is -2.25. The van der Waals surface area contributed by atoms with Crippen molar-refractivity contribution < 1.29 is 13.6 Å². The molecule has 0 radical (unpaired) electrons. The molecule has 0 saturated carbocycles. The second-order valence-electron chi connectivity index (χ2n) is 8.37. The number of amides is 1. The molecule has 32 heavy (non-hydrogen) atoms. The van der Waals surface area contributed by atoms with Crippen LogP contribution in [0, 0.1) is 11.6 Å². The minimum Gasteiger partial charge on any atom is -0.368 e. The number of hydrogen-bond donors (Lipinski definition) is 2. The number of benzene rings is 2. The zero-order valence-electron chi connectivity index (χ0n) is 18.1. The number of aromatic nitrogens is 4. The molecule has 2 aromatic heterocycles. The summed E-state index contributed by atoms with van der Waals surface area (Å²) in [5, 5.41) is 2.48. The van der Waals surface area contributed by atoms with E-state index in [1.165, 1.54) is 7.05 Å². The van der Waals surface area contributed by atoms with Gasteiger partial charge in [0.25, 0.3) is 5.91 Å². The van der Waals surface area contributed by atoms with Crippen molar-refractivity contribution in [2.45, 2.75) is 26.3 Å². The molecular weight excluding hydrogens is 414 g/mol. The zero-order chi connectivity index (χ0) is 23.2. The Kier molecular flexibility index (Phi) is 5.12. The summed E-state index contributed by atoms with van der Waals surface area (Å²) in [6, 6.07) is 7.55. The zero-order valence-corrected chi connectivity index (χ0v) is 18.1. The molecule has 0 spiro atoms. The highest BCUT2D eigenvalue weighted by atomic mass is 19.2. The van der Waals surface area contributed by atoms with Crippen molar-refractivity contribution in [3.8, 4) is 22.5 Å². The summed E-state index contributed by atoms with van der Waals surface area (Å²) >= 11 is 0. The van der Waals surface area contributed by atoms with Gasteiger partial charge in [-0.05, 0) is 50.6 Å². The number of hydrogen-bond acceptors (Lipinski definition) is 5. The Hall–Kier alpha value is -3.88. The van der Waals surface area contributed by atoms with Gasteiger partial charge < -0.3 is 15.6 Å². The average Bonchev–Trinajstić information content (AvgIpc) is 3.14. The summed E-state index contributed by atoms with van der Waals surface area (Å²) in [5.41, 5.74) is 8.28. The number of nitrogen functional groups attached to an aromatic ring is 1. The number of nitrogens with zero attached hydrogens (tertiary/aromatic N) is 4. The number of imidazole rings is 1. The van der Waals surface area contributed by atoms with E-state index in [1.54, 1.807) is 12.4 Å². The molecule has 3 N–H and O–H groups in total. The fraction of sp³-hybridized carbons (Fsp3) is 0.217. The summed E-state index contributed by atoms with van der Waals surface area (Å²) in [6.45, 7) is 5.91. The Morgan fingerprint density at radius 2 is 1.69 bits per heavy atom. The predicted molar refractivity (Wildman–Crippen MR) is 119 cm³/mol. The molecular formula is C23H22F2N6O. The monoisotopic (exact) mass is 436 g/mol. The van der Waals surface area contributed by atoms with Crippen molar-refractivity contribution in [1.82, 2.24) is 24.8 Å². The van der Waals surface area contributed by atoms with Crippen molar-refractivity contribution in [1.29, 1.82) is 0 Å². The summed E-state index contributed by atoms with van der Waals surface area (Å²) in [6.07, 6.45) is 3.23. The van der Waals surface area contributed by atoms with E-state index in [2.05, 4.69) is 15.3 Å². The molecule has 0 saturated heterocycles. The van der Waals surface area contributed by atoms with Gasteiger partial charge in [0, 0.05) is 36.1 Å². The van der Waals surface area contributed by atoms with Gasteiger partial charge in [-0.3, -0.25) is 4.79 Å². The molecule has 9 heteroatoms. The number of nitrogens with two attached hydrogens (primary N) is 1. The summed E-state index contributed by atoms with van der Waals surface area (Å²) in [4.78, 5) is 25.2. The van der Waals surface area contributed by atoms with Crippen molar-refractivity contribution in [3.05, 3.63) is 59.9 Å². The van der Waals surface area contributed by atoms with E-state index in [1.807, 2.05) is 43.5 Å². The standard InChI is InChI=1S/C23H22F2N6O/c1-23(2,3)31-19-6-5-12(13-10-28-22(26)29-11-13)7-18(19)30-20(31)14-8-16(24)17(25)9-15(14)21(32)27-4/h5-11H,1-4H3,(H,27,32)(H2,26,28,29). The number of carbonyl (C=O) groups excluding carboxylic acids is 1. The van der Waals surface area contributed by atoms with Crippen LogP contribution in [-0.4, -0.2) is 32.5 Å². The SMILES string of the molecule is CNC(=O)c1cc(F)c(F)cc1-c1nc2cc(-c3cnc(N)nc3)ccc2n1C(C)(C)C. The number of halogens is 2. The lowest BCUT2D eigenvalue weighted by Crippen LogP contribution is -2.24. The maximum Gasteiger partial charge on any atom is 0.251 e. The van der Waals surface area contributed by atoms with Crippen LogP contribution in [0.15, 0.2) is 42.7 Å². The van der Waals surface area contributed by atoms with Crippen LogP contribution in [0.25, 0.3) is 33.5 Å². The first-order valence-corrected chi connectivity index (χ1v) is 9.92. The number of fused-ring (bicyclic) bond motifs is 1. The van der Waals surface area contributed by atoms with Crippen LogP contribution < -0.4 is 11.1 Å². The molecule has 0 fully saturated rings. The fourth-order valence-corrected chi connectivity index (χ4v) is 3.66. The Morgan fingerprint density at radius 1 is 1.03 bits per heavy atom. The van der Waals surface area contributed by atoms with E-state index in [-0.39, 0.29) is 17.1 Å². The van der Waals surface area contributed by atoms with Crippen LogP contribution in [-0.2, 0) is 5.54 Å². The Balaban J connectivity index is 2.01. The molecule has 0 aliphatic heterocycles. The number of nitrogens with one attached hydrogen (secondary N) is 1. The molecule has 164 valence electrons. The van der Waals surface area contributed by atoms with Crippen molar-refractivity contribution in [2.75, 3.05) is 12.8 Å². The first-order valence-electron chi connectivity index (χ1n) is 9.92. The molecule has 0 aliphatic rings. The van der Waals surface area contributed by atoms with Crippen LogP contribution in [0.3, 0.4) is 0 Å². The minimum atomic E-state index is -1.10. The first kappa shape index (κ1) is 21.4. The topological polar surface area (TPSA) is 98.7 Å². The third kappa shape index (κ3) is 3.66. The van der Waals surface area contributed by atoms with E-state index in [4.69, 9.17) is 10.7 Å². The Morgan fingerprint density at radius 3 is 2.31 bits per heavy atom. The van der Waals surface area contributed by atoms with Gasteiger partial charge in [0.15, 0.2) is 11.6 Å². The Bertz CT molecular complexity index is 1340. The average molecular weight is 436 g/mol. The van der Waals surface area contributed by atoms with Gasteiger partial charge in [-0.15, -0.1) is 0 Å². The molecule has 0 bridgehead atoms. The lowest BCUT2D eigenvalue weighted by atomic mass is 10.0. The smallest absolute Gasteiger partial charge is 0.251 e. The molecule has 4 aromatic rings. The van der Waals surface area contributed by atoms with Gasteiger partial charge in [0.1, 0.15) is 5.82 Å². The highest BCUT2D eigenvalue weighted by Crippen LogP contribution is 2.35.